The molecule has 36 heavy (non-hydrogen) atoms. The molecule has 0 unspecified atom stereocenters. The number of hydrogen-bond donors (Lipinski definition) is 1. The topological polar surface area (TPSA) is 120 Å². The zero-order chi connectivity index (χ0) is 25.3. The SMILES string of the molecule is COc1ncc(C(=O)N2CCC[C@@H]2c2nc(C)cs2)cc1-c1nnc([C@@](C)(N)Cc2ccccc2)o1. The van der Waals surface area contributed by atoms with Gasteiger partial charge in [0.2, 0.25) is 11.8 Å². The normalized spacial score (nSPS) is 17.2. The lowest BCUT2D eigenvalue weighted by Crippen LogP contribution is -2.35. The molecule has 0 radical (unpaired) electrons. The average molecular weight is 505 g/mol. The van der Waals surface area contributed by atoms with Crippen LogP contribution in [-0.4, -0.2) is 44.6 Å². The monoisotopic (exact) mass is 504 g/mol. The van der Waals surface area contributed by atoms with Gasteiger partial charge in [0, 0.05) is 23.8 Å². The van der Waals surface area contributed by atoms with Crippen LogP contribution in [0.5, 0.6) is 5.88 Å². The summed E-state index contributed by atoms with van der Waals surface area (Å²) in [5.41, 5.74) is 8.57. The molecule has 10 heteroatoms. The third kappa shape index (κ3) is 4.74. The van der Waals surface area contributed by atoms with Crippen LogP contribution < -0.4 is 10.5 Å². The highest BCUT2D eigenvalue weighted by Gasteiger charge is 2.34. The summed E-state index contributed by atoms with van der Waals surface area (Å²) in [6.45, 7) is 4.48. The molecular formula is C26H28N6O3S. The Morgan fingerprint density at radius 3 is 2.83 bits per heavy atom. The molecule has 0 saturated carbocycles. The number of methoxy groups -OCH3 is 1. The minimum Gasteiger partial charge on any atom is -0.480 e. The number of aromatic nitrogens is 4. The van der Waals surface area contributed by atoms with E-state index in [9.17, 15) is 4.79 Å². The molecule has 3 aromatic heterocycles. The number of carbonyl (C=O) groups excluding carboxylic acids is 1. The molecule has 0 aliphatic carbocycles. The van der Waals surface area contributed by atoms with Crippen molar-refractivity contribution in [3.05, 3.63) is 75.7 Å². The molecule has 1 fully saturated rings. The van der Waals surface area contributed by atoms with E-state index in [-0.39, 0.29) is 23.7 Å². The molecule has 1 aromatic carbocycles. The van der Waals surface area contributed by atoms with E-state index in [2.05, 4.69) is 20.2 Å². The molecule has 9 nitrogen and oxygen atoms in total. The van der Waals surface area contributed by atoms with E-state index in [0.29, 0.717) is 30.0 Å². The van der Waals surface area contributed by atoms with Gasteiger partial charge < -0.3 is 19.8 Å². The summed E-state index contributed by atoms with van der Waals surface area (Å²) in [5.74, 6) is 0.660. The number of pyridine rings is 1. The fourth-order valence-electron chi connectivity index (χ4n) is 4.50. The Labute approximate surface area is 213 Å². The summed E-state index contributed by atoms with van der Waals surface area (Å²) in [4.78, 5) is 24.4. The van der Waals surface area contributed by atoms with Crippen LogP contribution in [-0.2, 0) is 12.0 Å². The van der Waals surface area contributed by atoms with Gasteiger partial charge >= 0.3 is 0 Å². The lowest BCUT2D eigenvalue weighted by Gasteiger charge is -2.23. The lowest BCUT2D eigenvalue weighted by atomic mass is 9.94. The van der Waals surface area contributed by atoms with Crippen LogP contribution in [0.15, 0.2) is 52.4 Å². The van der Waals surface area contributed by atoms with Gasteiger partial charge in [0.25, 0.3) is 11.8 Å². The van der Waals surface area contributed by atoms with Crippen LogP contribution in [0.1, 0.15) is 58.3 Å². The predicted octanol–water partition coefficient (Wildman–Crippen LogP) is 4.30. The van der Waals surface area contributed by atoms with Crippen molar-refractivity contribution in [3.8, 4) is 17.3 Å². The van der Waals surface area contributed by atoms with Gasteiger partial charge in [-0.2, -0.15) is 0 Å². The number of carbonyl (C=O) groups is 1. The van der Waals surface area contributed by atoms with Crippen LogP contribution in [0.3, 0.4) is 0 Å². The number of benzene rings is 1. The Morgan fingerprint density at radius 1 is 1.31 bits per heavy atom. The molecule has 0 spiro atoms. The maximum atomic E-state index is 13.5. The zero-order valence-electron chi connectivity index (χ0n) is 20.5. The van der Waals surface area contributed by atoms with Gasteiger partial charge in [0.05, 0.1) is 24.3 Å². The van der Waals surface area contributed by atoms with Gasteiger partial charge in [-0.25, -0.2) is 9.97 Å². The zero-order valence-corrected chi connectivity index (χ0v) is 21.3. The van der Waals surface area contributed by atoms with E-state index in [1.165, 1.54) is 13.3 Å². The third-order valence-electron chi connectivity index (χ3n) is 6.29. The van der Waals surface area contributed by atoms with Crippen molar-refractivity contribution in [1.29, 1.82) is 0 Å². The van der Waals surface area contributed by atoms with Gasteiger partial charge in [-0.05, 0) is 44.7 Å². The fourth-order valence-corrected chi connectivity index (χ4v) is 5.44. The van der Waals surface area contributed by atoms with Crippen molar-refractivity contribution in [2.24, 2.45) is 5.73 Å². The number of aryl methyl sites for hydroxylation is 1. The molecule has 186 valence electrons. The largest absolute Gasteiger partial charge is 0.480 e. The maximum absolute atomic E-state index is 13.5. The van der Waals surface area contributed by atoms with Crippen molar-refractivity contribution in [1.82, 2.24) is 25.1 Å². The molecule has 5 rings (SSSR count). The lowest BCUT2D eigenvalue weighted by molar-refractivity contribution is 0.0735. The molecule has 1 amide bonds. The maximum Gasteiger partial charge on any atom is 0.256 e. The predicted molar refractivity (Wildman–Crippen MR) is 136 cm³/mol. The second kappa shape index (κ2) is 9.79. The first-order valence-electron chi connectivity index (χ1n) is 11.8. The number of likely N-dealkylation sites (tertiary alicyclic amines) is 1. The van der Waals surface area contributed by atoms with Crippen LogP contribution in [0.25, 0.3) is 11.5 Å². The minimum absolute atomic E-state index is 0.0345. The molecule has 4 heterocycles. The minimum atomic E-state index is -0.880. The van der Waals surface area contributed by atoms with Crippen LogP contribution in [0, 0.1) is 6.92 Å². The molecule has 1 aliphatic heterocycles. The average Bonchev–Trinajstić information content (AvgIpc) is 3.64. The smallest absolute Gasteiger partial charge is 0.256 e. The number of ether oxygens (including phenoxy) is 1. The molecule has 0 bridgehead atoms. The molecule has 1 aliphatic rings. The Morgan fingerprint density at radius 2 is 2.11 bits per heavy atom. The highest BCUT2D eigenvalue weighted by atomic mass is 32.1. The Balaban J connectivity index is 1.43. The first kappa shape index (κ1) is 24.1. The van der Waals surface area contributed by atoms with Crippen molar-refractivity contribution >= 4 is 17.2 Å². The van der Waals surface area contributed by atoms with Crippen molar-refractivity contribution in [2.45, 2.75) is 44.7 Å². The summed E-state index contributed by atoms with van der Waals surface area (Å²) < 4.78 is 11.4. The summed E-state index contributed by atoms with van der Waals surface area (Å²) in [5, 5.41) is 11.4. The number of thiazole rings is 1. The quantitative estimate of drug-likeness (QED) is 0.396. The van der Waals surface area contributed by atoms with Gasteiger partial charge in [0.1, 0.15) is 10.6 Å². The van der Waals surface area contributed by atoms with E-state index < -0.39 is 5.54 Å². The van der Waals surface area contributed by atoms with Crippen LogP contribution in [0.2, 0.25) is 0 Å². The summed E-state index contributed by atoms with van der Waals surface area (Å²) in [6.07, 6.45) is 3.86. The van der Waals surface area contributed by atoms with Gasteiger partial charge in [-0.1, -0.05) is 30.3 Å². The summed E-state index contributed by atoms with van der Waals surface area (Å²) in [7, 11) is 1.51. The molecule has 2 N–H and O–H groups in total. The van der Waals surface area contributed by atoms with E-state index in [0.717, 1.165) is 29.1 Å². The number of nitrogens with zero attached hydrogens (tertiary/aromatic N) is 5. The molecule has 4 aromatic rings. The van der Waals surface area contributed by atoms with Crippen molar-refractivity contribution in [3.63, 3.8) is 0 Å². The van der Waals surface area contributed by atoms with E-state index >= 15 is 0 Å². The number of rotatable bonds is 7. The van der Waals surface area contributed by atoms with Gasteiger partial charge in [0.15, 0.2) is 0 Å². The van der Waals surface area contributed by atoms with Crippen molar-refractivity contribution in [2.75, 3.05) is 13.7 Å². The first-order valence-corrected chi connectivity index (χ1v) is 12.7. The third-order valence-corrected chi connectivity index (χ3v) is 7.35. The van der Waals surface area contributed by atoms with E-state index in [4.69, 9.17) is 14.9 Å². The summed E-state index contributed by atoms with van der Waals surface area (Å²) >= 11 is 1.59. The Bertz CT molecular complexity index is 1370. The van der Waals surface area contributed by atoms with Gasteiger partial charge in [-0.15, -0.1) is 21.5 Å². The number of nitrogens with two attached hydrogens (primary N) is 1. The Kier molecular flexibility index (Phi) is 6.55. The summed E-state index contributed by atoms with van der Waals surface area (Å²) in [6, 6.07) is 11.5. The number of amides is 1. The van der Waals surface area contributed by atoms with E-state index in [1.54, 1.807) is 17.4 Å². The van der Waals surface area contributed by atoms with Crippen LogP contribution in [0.4, 0.5) is 0 Å². The molecular weight excluding hydrogens is 476 g/mol. The highest BCUT2D eigenvalue weighted by Crippen LogP contribution is 2.36. The fraction of sp³-hybridized carbons (Fsp3) is 0.346. The standard InChI is InChI=1S/C26H28N6O3S/c1-16-15-36-23(29-16)20-10-7-11-32(20)24(33)18-12-19(21(34-3)28-14-18)22-30-31-25(35-22)26(2,27)13-17-8-5-4-6-9-17/h4-6,8-9,12,14-15,20H,7,10-11,13,27H2,1-3H3/t20-,26+/m1/s1. The van der Waals surface area contributed by atoms with Crippen molar-refractivity contribution < 1.29 is 13.9 Å². The van der Waals surface area contributed by atoms with Crippen LogP contribution >= 0.6 is 11.3 Å². The molecule has 1 saturated heterocycles. The van der Waals surface area contributed by atoms with E-state index in [1.807, 2.05) is 54.5 Å². The number of hydrogen-bond acceptors (Lipinski definition) is 9. The highest BCUT2D eigenvalue weighted by molar-refractivity contribution is 7.09. The molecule has 2 atom stereocenters. The first-order chi connectivity index (χ1) is 17.4. The second-order valence-corrected chi connectivity index (χ2v) is 10.1. The second-order valence-electron chi connectivity index (χ2n) is 9.26. The Hall–Kier alpha value is -3.63. The van der Waals surface area contributed by atoms with Gasteiger partial charge in [-0.3, -0.25) is 4.79 Å².